The molecule has 1 aromatic carbocycles. The van der Waals surface area contributed by atoms with E-state index in [-0.39, 0.29) is 12.4 Å². The fourth-order valence-electron chi connectivity index (χ4n) is 1.32. The van der Waals surface area contributed by atoms with Crippen molar-refractivity contribution in [3.63, 3.8) is 0 Å². The van der Waals surface area contributed by atoms with Crippen LogP contribution in [0.25, 0.3) is 10.3 Å². The standard InChI is InChI=1S/C9H9NO2S.ClH/c1-4-3-6(11)5(2)8-7(4)12-9(10)13-8;/h3,10-11H,1-2H3;1H. The second-order valence-corrected chi connectivity index (χ2v) is 4.03. The number of phenols is 1. The molecule has 0 aliphatic rings. The van der Waals surface area contributed by atoms with Crippen molar-refractivity contribution >= 4 is 21.6 Å². The number of aryl methyl sites for hydroxylation is 2. The number of halogens is 1. The molecule has 0 saturated carbocycles. The van der Waals surface area contributed by atoms with Crippen LogP contribution in [0.5, 0.6) is 5.75 Å². The summed E-state index contributed by atoms with van der Waals surface area (Å²) in [6.45, 7) is 3.74. The van der Waals surface area contributed by atoms with Crippen molar-refractivity contribution in [3.05, 3.63) is 22.1 Å². The summed E-state index contributed by atoms with van der Waals surface area (Å²) in [4.78, 5) is 0.423. The maximum Gasteiger partial charge on any atom is 0.427 e. The first kappa shape index (κ1) is 11.1. The van der Waals surface area contributed by atoms with Crippen molar-refractivity contribution in [1.82, 2.24) is 0 Å². The van der Waals surface area contributed by atoms with Crippen molar-refractivity contribution in [2.45, 2.75) is 13.8 Å². The number of rotatable bonds is 0. The number of fused-ring (bicyclic) bond motifs is 1. The Morgan fingerprint density at radius 2 is 2.07 bits per heavy atom. The van der Waals surface area contributed by atoms with Crippen LogP contribution >= 0.6 is 11.3 Å². The van der Waals surface area contributed by atoms with Crippen LogP contribution in [-0.2, 0) is 0 Å². The summed E-state index contributed by atoms with van der Waals surface area (Å²) < 4.78 is 6.25. The van der Waals surface area contributed by atoms with Gasteiger partial charge >= 0.3 is 4.87 Å². The topological polar surface area (TPSA) is 59.0 Å². The van der Waals surface area contributed by atoms with Crippen LogP contribution in [0.1, 0.15) is 11.1 Å². The first-order valence-corrected chi connectivity index (χ1v) is 4.72. The molecule has 0 unspecified atom stereocenters. The highest BCUT2D eigenvalue weighted by molar-refractivity contribution is 7.16. The van der Waals surface area contributed by atoms with E-state index in [1.165, 1.54) is 11.3 Å². The normalized spacial score (nSPS) is 10.1. The highest BCUT2D eigenvalue weighted by Gasteiger charge is 2.11. The first-order chi connectivity index (χ1) is 6.09. The van der Waals surface area contributed by atoms with E-state index in [0.29, 0.717) is 10.6 Å². The maximum atomic E-state index is 9.53. The summed E-state index contributed by atoms with van der Waals surface area (Å²) in [6, 6.07) is 1.69. The number of phenolic OH excluding ortho intramolecular Hbond substituents is 1. The quantitative estimate of drug-likeness (QED) is 0.526. The lowest BCUT2D eigenvalue weighted by atomic mass is 10.1. The predicted octanol–water partition coefficient (Wildman–Crippen LogP) is -2.52. The lowest BCUT2D eigenvalue weighted by Crippen LogP contribution is -3.00. The van der Waals surface area contributed by atoms with E-state index >= 15 is 0 Å². The van der Waals surface area contributed by atoms with E-state index < -0.39 is 0 Å². The average Bonchev–Trinajstić information content (AvgIpc) is 2.44. The zero-order valence-electron chi connectivity index (χ0n) is 7.80. The largest absolute Gasteiger partial charge is 1.00 e. The van der Waals surface area contributed by atoms with Gasteiger partial charge in [-0.1, -0.05) is 0 Å². The van der Waals surface area contributed by atoms with Gasteiger partial charge in [-0.15, -0.1) is 0 Å². The van der Waals surface area contributed by atoms with E-state index in [2.05, 4.69) is 0 Å². The Kier molecular flexibility index (Phi) is 2.87. The molecule has 0 atom stereocenters. The molecule has 1 aromatic heterocycles. The summed E-state index contributed by atoms with van der Waals surface area (Å²) in [5.41, 5.74) is 2.51. The Morgan fingerprint density at radius 3 is 2.71 bits per heavy atom. The lowest BCUT2D eigenvalue weighted by molar-refractivity contribution is -0.190. The molecule has 3 N–H and O–H groups in total. The van der Waals surface area contributed by atoms with Crippen molar-refractivity contribution in [2.75, 3.05) is 0 Å². The van der Waals surface area contributed by atoms with Gasteiger partial charge in [0.1, 0.15) is 5.75 Å². The molecule has 0 bridgehead atoms. The predicted molar refractivity (Wildman–Crippen MR) is 50.3 cm³/mol. The molecule has 0 aliphatic carbocycles. The van der Waals surface area contributed by atoms with Gasteiger partial charge in [0, 0.05) is 5.56 Å². The molecule has 0 amide bonds. The molecule has 0 aliphatic heterocycles. The fraction of sp³-hybridized carbons (Fsp3) is 0.222. The Hall–Kier alpha value is -1.00. The van der Waals surface area contributed by atoms with Gasteiger partial charge in [-0.2, -0.15) is 0 Å². The second kappa shape index (κ2) is 3.63. The molecular formula is C9H10ClNO2S. The Balaban J connectivity index is 0.000000980. The minimum absolute atomic E-state index is 0. The van der Waals surface area contributed by atoms with Crippen LogP contribution in [0.4, 0.5) is 0 Å². The molecule has 0 fully saturated rings. The van der Waals surface area contributed by atoms with Crippen LogP contribution in [-0.4, -0.2) is 5.11 Å². The van der Waals surface area contributed by atoms with Gasteiger partial charge in [-0.3, -0.25) is 0 Å². The van der Waals surface area contributed by atoms with Gasteiger partial charge in [-0.05, 0) is 36.8 Å². The van der Waals surface area contributed by atoms with Gasteiger partial charge in [0.2, 0.25) is 0 Å². The molecular weight excluding hydrogens is 222 g/mol. The molecule has 2 aromatic rings. The third-order valence-electron chi connectivity index (χ3n) is 2.05. The maximum absolute atomic E-state index is 9.53. The van der Waals surface area contributed by atoms with Gasteiger partial charge in [0.25, 0.3) is 0 Å². The van der Waals surface area contributed by atoms with Crippen LogP contribution in [0.3, 0.4) is 0 Å². The van der Waals surface area contributed by atoms with Crippen LogP contribution in [0, 0.1) is 13.8 Å². The Labute approximate surface area is 90.9 Å². The van der Waals surface area contributed by atoms with E-state index in [4.69, 9.17) is 9.83 Å². The Bertz CT molecular complexity index is 529. The molecule has 1 heterocycles. The molecule has 3 nitrogen and oxygen atoms in total. The number of aromatic hydroxyl groups is 1. The summed E-state index contributed by atoms with van der Waals surface area (Å²) in [7, 11) is 0. The SMILES string of the molecule is Cc1cc(O)c(C)c2sc(=[NH2+])oc12.[Cl-]. The summed E-state index contributed by atoms with van der Waals surface area (Å²) >= 11 is 1.36. The van der Waals surface area contributed by atoms with E-state index in [9.17, 15) is 5.11 Å². The van der Waals surface area contributed by atoms with E-state index in [1.807, 2.05) is 13.8 Å². The minimum Gasteiger partial charge on any atom is -1.00 e. The second-order valence-electron chi connectivity index (χ2n) is 3.02. The zero-order chi connectivity index (χ0) is 9.59. The number of hydrogen-bond acceptors (Lipinski definition) is 3. The van der Waals surface area contributed by atoms with E-state index in [1.54, 1.807) is 6.07 Å². The molecule has 0 spiro atoms. The zero-order valence-corrected chi connectivity index (χ0v) is 9.37. The third kappa shape index (κ3) is 1.51. The van der Waals surface area contributed by atoms with Crippen molar-refractivity contribution in [3.8, 4) is 5.75 Å². The molecule has 5 heteroatoms. The highest BCUT2D eigenvalue weighted by Crippen LogP contribution is 2.30. The van der Waals surface area contributed by atoms with Crippen LogP contribution in [0.2, 0.25) is 0 Å². The van der Waals surface area contributed by atoms with Crippen LogP contribution < -0.4 is 22.7 Å². The molecule has 76 valence electrons. The average molecular weight is 232 g/mol. The summed E-state index contributed by atoms with van der Waals surface area (Å²) in [6.07, 6.45) is 0. The van der Waals surface area contributed by atoms with Crippen molar-refractivity contribution < 1.29 is 27.3 Å². The van der Waals surface area contributed by atoms with Crippen LogP contribution in [0.15, 0.2) is 10.5 Å². The fourth-order valence-corrected chi connectivity index (χ4v) is 2.20. The summed E-state index contributed by atoms with van der Waals surface area (Å²) in [5.74, 6) is 0.294. The number of benzene rings is 1. The van der Waals surface area contributed by atoms with Crippen molar-refractivity contribution in [2.24, 2.45) is 0 Å². The third-order valence-corrected chi connectivity index (χ3v) is 3.03. The van der Waals surface area contributed by atoms with Crippen molar-refractivity contribution in [1.29, 1.82) is 0 Å². The minimum atomic E-state index is 0. The number of nitrogens with two attached hydrogens (primary N) is 1. The van der Waals surface area contributed by atoms with Gasteiger partial charge in [0.15, 0.2) is 5.58 Å². The molecule has 0 radical (unpaired) electrons. The summed E-state index contributed by atoms with van der Waals surface area (Å²) in [5, 5.41) is 15.1. The Morgan fingerprint density at radius 1 is 1.43 bits per heavy atom. The lowest BCUT2D eigenvalue weighted by Gasteiger charge is -2.00. The van der Waals surface area contributed by atoms with Gasteiger partial charge in [0.05, 0.1) is 4.70 Å². The molecule has 14 heavy (non-hydrogen) atoms. The molecule has 0 saturated heterocycles. The van der Waals surface area contributed by atoms with E-state index in [0.717, 1.165) is 21.4 Å². The monoisotopic (exact) mass is 231 g/mol. The highest BCUT2D eigenvalue weighted by atomic mass is 35.5. The first-order valence-electron chi connectivity index (χ1n) is 3.91. The van der Waals surface area contributed by atoms with Gasteiger partial charge in [-0.25, -0.2) is 5.41 Å². The molecule has 2 rings (SSSR count). The van der Waals surface area contributed by atoms with Gasteiger partial charge < -0.3 is 21.9 Å². The number of hydrogen-bond donors (Lipinski definition) is 2. The smallest absolute Gasteiger partial charge is 0.427 e.